The maximum Gasteiger partial charge on any atom is 0.340 e. The van der Waals surface area contributed by atoms with Crippen LogP contribution in [-0.4, -0.2) is 89.7 Å². The number of ether oxygens (including phenoxy) is 4. The third kappa shape index (κ3) is 8.88. The van der Waals surface area contributed by atoms with Gasteiger partial charge in [-0.15, -0.1) is 0 Å². The van der Waals surface area contributed by atoms with Crippen LogP contribution in [0.15, 0.2) is 61.2 Å². The van der Waals surface area contributed by atoms with Gasteiger partial charge in [0.2, 0.25) is 11.8 Å². The third-order valence-corrected chi connectivity index (χ3v) is 12.6. The standard InChI is InChI=1S/2C24H27N5O4/c2*1-12-13(2)32-23(31)15-6-7-19(29-21(12)15)28-20-8-16-17(9-26-20)22(33-14-4-5-14)27-10-18(16)24(3,25)11-30/h2*6-10,12-14,30H,4-5,11,25H2,1-3H3,(H,26,28,29)/t2*12-,13-,24+/m00/s1. The first kappa shape index (κ1) is 44.6. The highest BCUT2D eigenvalue weighted by Crippen LogP contribution is 2.39. The highest BCUT2D eigenvalue weighted by molar-refractivity contribution is 5.95. The number of carbonyl (C=O) groups is 2. The van der Waals surface area contributed by atoms with Crippen LogP contribution in [0.5, 0.6) is 11.8 Å². The number of anilines is 4. The lowest BCUT2D eigenvalue weighted by molar-refractivity contribution is 0.0225. The number of aliphatic hydroxyl groups excluding tert-OH is 2. The summed E-state index contributed by atoms with van der Waals surface area (Å²) in [7, 11) is 0. The summed E-state index contributed by atoms with van der Waals surface area (Å²) in [5.74, 6) is 2.50. The maximum absolute atomic E-state index is 12.2. The molecule has 0 bridgehead atoms. The minimum absolute atomic E-state index is 0.0219. The lowest BCUT2D eigenvalue weighted by atomic mass is 9.91. The number of esters is 2. The molecule has 0 saturated heterocycles. The molecular weight excluding hydrogens is 845 g/mol. The Morgan fingerprint density at radius 1 is 0.606 bits per heavy atom. The van der Waals surface area contributed by atoms with Crippen molar-refractivity contribution in [3.63, 3.8) is 0 Å². The van der Waals surface area contributed by atoms with Crippen LogP contribution in [-0.2, 0) is 20.6 Å². The average Bonchev–Trinajstić information content (AvgIpc) is 4.26. The number of pyridine rings is 6. The van der Waals surface area contributed by atoms with E-state index in [1.54, 1.807) is 62.9 Å². The van der Waals surface area contributed by atoms with Gasteiger partial charge in [0.1, 0.15) is 47.7 Å². The molecule has 2 saturated carbocycles. The molecule has 2 fully saturated rings. The Morgan fingerprint density at radius 2 is 1.00 bits per heavy atom. The Kier molecular flexibility index (Phi) is 11.7. The van der Waals surface area contributed by atoms with Crippen LogP contribution >= 0.6 is 0 Å². The van der Waals surface area contributed by atoms with Crippen molar-refractivity contribution in [1.82, 2.24) is 29.9 Å². The Bertz CT molecular complexity index is 2670. The number of aliphatic hydroxyl groups is 2. The van der Waals surface area contributed by atoms with Gasteiger partial charge in [0.05, 0.1) is 57.6 Å². The van der Waals surface area contributed by atoms with Gasteiger partial charge in [-0.1, -0.05) is 13.8 Å². The van der Waals surface area contributed by atoms with Crippen LogP contribution in [0.3, 0.4) is 0 Å². The minimum atomic E-state index is -0.988. The Hall–Kier alpha value is -6.60. The molecule has 18 heteroatoms. The van der Waals surface area contributed by atoms with Gasteiger partial charge in [-0.2, -0.15) is 0 Å². The zero-order valence-corrected chi connectivity index (χ0v) is 37.7. The molecule has 0 radical (unpaired) electrons. The molecule has 6 aromatic heterocycles. The lowest BCUT2D eigenvalue weighted by Crippen LogP contribution is -2.37. The number of nitrogens with zero attached hydrogens (tertiary/aromatic N) is 6. The average molecular weight is 899 g/mol. The van der Waals surface area contributed by atoms with E-state index in [-0.39, 0.29) is 61.4 Å². The normalized spacial score (nSPS) is 21.8. The van der Waals surface area contributed by atoms with Crippen molar-refractivity contribution in [3.05, 3.63) is 94.8 Å². The topological polar surface area (TPSA) is 265 Å². The molecule has 0 aromatic carbocycles. The molecule has 6 atom stereocenters. The van der Waals surface area contributed by atoms with E-state index in [0.29, 0.717) is 68.7 Å². The van der Waals surface area contributed by atoms with Gasteiger partial charge in [0, 0.05) is 47.8 Å². The van der Waals surface area contributed by atoms with E-state index in [0.717, 1.165) is 47.2 Å². The molecule has 0 unspecified atom stereocenters. The molecule has 0 spiro atoms. The van der Waals surface area contributed by atoms with Crippen molar-refractivity contribution in [3.8, 4) is 11.8 Å². The van der Waals surface area contributed by atoms with E-state index >= 15 is 0 Å². The third-order valence-electron chi connectivity index (χ3n) is 12.6. The molecular formula is C48H54N10O8. The fourth-order valence-electron chi connectivity index (χ4n) is 7.82. The van der Waals surface area contributed by atoms with Crippen molar-refractivity contribution in [2.24, 2.45) is 11.5 Å². The molecule has 2 aliphatic heterocycles. The van der Waals surface area contributed by atoms with Gasteiger partial charge in [0.15, 0.2) is 0 Å². The van der Waals surface area contributed by atoms with Crippen LogP contribution < -0.4 is 31.6 Å². The Labute approximate surface area is 380 Å². The first-order valence-corrected chi connectivity index (χ1v) is 22.2. The first-order valence-electron chi connectivity index (χ1n) is 22.2. The quantitative estimate of drug-likeness (QED) is 0.0738. The second-order valence-corrected chi connectivity index (χ2v) is 18.3. The number of hydrogen-bond acceptors (Lipinski definition) is 18. The van der Waals surface area contributed by atoms with Crippen molar-refractivity contribution in [2.75, 3.05) is 23.8 Å². The summed E-state index contributed by atoms with van der Waals surface area (Å²) in [6.45, 7) is 10.7. The molecule has 6 aromatic rings. The first-order chi connectivity index (χ1) is 31.5. The van der Waals surface area contributed by atoms with Crippen LogP contribution in [0.2, 0.25) is 0 Å². The van der Waals surface area contributed by atoms with Gasteiger partial charge in [-0.3, -0.25) is 0 Å². The second-order valence-electron chi connectivity index (χ2n) is 18.3. The molecule has 8 N–H and O–H groups in total. The van der Waals surface area contributed by atoms with Crippen molar-refractivity contribution >= 4 is 56.8 Å². The largest absolute Gasteiger partial charge is 0.474 e. The van der Waals surface area contributed by atoms with Crippen molar-refractivity contribution < 1.29 is 38.7 Å². The SMILES string of the molecule is C[C@@H]1OC(=O)c2ccc(Nc3cc4c([C@](C)(N)CO)cnc(OC5CC5)c4cn3)nc2[C@H]1C.C[C@@H]1OC(=O)c2ccc(Nc3cc4c([C@](C)(N)CO)cnc(OC5CC5)c4cn3)nc2[C@H]1C. The fraction of sp³-hybridized carbons (Fsp3) is 0.417. The number of nitrogens with two attached hydrogens (primary N) is 2. The van der Waals surface area contributed by atoms with E-state index in [1.807, 2.05) is 39.8 Å². The Morgan fingerprint density at radius 3 is 1.36 bits per heavy atom. The summed E-state index contributed by atoms with van der Waals surface area (Å²) >= 11 is 0. The number of carbonyl (C=O) groups excluding carboxylic acids is 2. The van der Waals surface area contributed by atoms with E-state index < -0.39 is 11.1 Å². The number of rotatable bonds is 12. The van der Waals surface area contributed by atoms with Crippen LogP contribution in [0.4, 0.5) is 23.3 Å². The summed E-state index contributed by atoms with van der Waals surface area (Å²) in [5.41, 5.74) is 14.5. The van der Waals surface area contributed by atoms with E-state index in [1.165, 1.54) is 0 Å². The van der Waals surface area contributed by atoms with Gasteiger partial charge >= 0.3 is 11.9 Å². The van der Waals surface area contributed by atoms with E-state index in [9.17, 15) is 19.8 Å². The second kappa shape index (κ2) is 17.3. The summed E-state index contributed by atoms with van der Waals surface area (Å²) in [6, 6.07) is 10.6. The molecule has 344 valence electrons. The van der Waals surface area contributed by atoms with Gasteiger partial charge in [-0.05, 0) is 101 Å². The molecule has 0 amide bonds. The number of nitrogens with one attached hydrogen (secondary N) is 2. The zero-order chi connectivity index (χ0) is 46.7. The summed E-state index contributed by atoms with van der Waals surface area (Å²) in [5, 5.41) is 29.2. The van der Waals surface area contributed by atoms with Gasteiger partial charge < -0.3 is 51.3 Å². The maximum atomic E-state index is 12.2. The number of aromatic nitrogens is 6. The molecule has 18 nitrogen and oxygen atoms in total. The van der Waals surface area contributed by atoms with Gasteiger partial charge in [-0.25, -0.2) is 39.5 Å². The number of hydrogen-bond donors (Lipinski definition) is 6. The monoisotopic (exact) mass is 898 g/mol. The molecule has 8 heterocycles. The zero-order valence-electron chi connectivity index (χ0n) is 37.7. The molecule has 66 heavy (non-hydrogen) atoms. The molecule has 2 aliphatic carbocycles. The molecule has 10 rings (SSSR count). The fourth-order valence-corrected chi connectivity index (χ4v) is 7.82. The van der Waals surface area contributed by atoms with Crippen LogP contribution in [0.25, 0.3) is 21.5 Å². The summed E-state index contributed by atoms with van der Waals surface area (Å²) < 4.78 is 22.7. The highest BCUT2D eigenvalue weighted by atomic mass is 16.5. The van der Waals surface area contributed by atoms with E-state index in [4.69, 9.17) is 30.4 Å². The number of fused-ring (bicyclic) bond motifs is 4. The van der Waals surface area contributed by atoms with Crippen molar-refractivity contribution in [1.29, 1.82) is 0 Å². The molecule has 4 aliphatic rings. The predicted octanol–water partition coefficient (Wildman–Crippen LogP) is 6.28. The van der Waals surface area contributed by atoms with Crippen molar-refractivity contribution in [2.45, 2.75) is 115 Å². The predicted molar refractivity (Wildman–Crippen MR) is 245 cm³/mol. The van der Waals surface area contributed by atoms with Crippen LogP contribution in [0, 0.1) is 0 Å². The minimum Gasteiger partial charge on any atom is -0.474 e. The lowest BCUT2D eigenvalue weighted by Gasteiger charge is -2.27. The smallest absolute Gasteiger partial charge is 0.340 e. The van der Waals surface area contributed by atoms with Gasteiger partial charge in [0.25, 0.3) is 0 Å². The number of cyclic esters (lactones) is 2. The summed E-state index contributed by atoms with van der Waals surface area (Å²) in [4.78, 5) is 51.7. The Balaban J connectivity index is 0.000000166. The highest BCUT2D eigenvalue weighted by Gasteiger charge is 2.34. The van der Waals surface area contributed by atoms with Crippen LogP contribution in [0.1, 0.15) is 122 Å². The van der Waals surface area contributed by atoms with E-state index in [2.05, 4.69) is 40.5 Å². The summed E-state index contributed by atoms with van der Waals surface area (Å²) in [6.07, 6.45) is 10.6.